The minimum Gasteiger partial charge on any atom is -0.493 e. The number of hydrogen-bond acceptors (Lipinski definition) is 5. The van der Waals surface area contributed by atoms with Crippen molar-refractivity contribution < 1.29 is 14.2 Å². The van der Waals surface area contributed by atoms with Crippen molar-refractivity contribution >= 4 is 5.96 Å². The van der Waals surface area contributed by atoms with Gasteiger partial charge in [-0.15, -0.1) is 0 Å². The first-order valence-corrected chi connectivity index (χ1v) is 10.7. The van der Waals surface area contributed by atoms with Crippen LogP contribution in [0.5, 0.6) is 17.2 Å². The highest BCUT2D eigenvalue weighted by atomic mass is 16.5. The first-order valence-electron chi connectivity index (χ1n) is 10.7. The van der Waals surface area contributed by atoms with Crippen LogP contribution in [0.15, 0.2) is 17.1 Å². The number of nitrogens with zero attached hydrogens (tertiary/aromatic N) is 3. The Morgan fingerprint density at radius 3 is 2.39 bits per heavy atom. The van der Waals surface area contributed by atoms with Crippen molar-refractivity contribution in [2.24, 2.45) is 12.0 Å². The molecule has 0 spiro atoms. The molecule has 2 aromatic rings. The average molecular weight is 432 g/mol. The number of aliphatic imine (C=N–C) groups is 1. The summed E-state index contributed by atoms with van der Waals surface area (Å²) in [6, 6.07) is 4.10. The Bertz CT molecular complexity index is 892. The number of aryl methyl sites for hydroxylation is 2. The highest BCUT2D eigenvalue weighted by Gasteiger charge is 2.16. The molecule has 8 heteroatoms. The minimum atomic E-state index is 0.218. The summed E-state index contributed by atoms with van der Waals surface area (Å²) in [5.41, 5.74) is 4.59. The second-order valence-electron chi connectivity index (χ2n) is 7.53. The van der Waals surface area contributed by atoms with Gasteiger partial charge in [0.05, 0.1) is 27.0 Å². The highest BCUT2D eigenvalue weighted by Crippen LogP contribution is 2.39. The normalized spacial score (nSPS) is 12.5. The molecule has 2 rings (SSSR count). The molecule has 0 aliphatic heterocycles. The molecular formula is C23H37N5O3. The molecule has 0 amide bonds. The molecule has 0 aliphatic carbocycles. The van der Waals surface area contributed by atoms with Crippen LogP contribution >= 0.6 is 0 Å². The fraction of sp³-hybridized carbons (Fsp3) is 0.565. The molecule has 0 saturated carbocycles. The van der Waals surface area contributed by atoms with E-state index in [0.29, 0.717) is 23.8 Å². The molecule has 0 aliphatic rings. The van der Waals surface area contributed by atoms with Crippen LogP contribution < -0.4 is 24.8 Å². The smallest absolute Gasteiger partial charge is 0.203 e. The van der Waals surface area contributed by atoms with Gasteiger partial charge in [0.1, 0.15) is 0 Å². The van der Waals surface area contributed by atoms with Gasteiger partial charge in [-0.1, -0.05) is 6.07 Å². The molecule has 8 nitrogen and oxygen atoms in total. The van der Waals surface area contributed by atoms with Gasteiger partial charge in [0.2, 0.25) is 5.75 Å². The van der Waals surface area contributed by atoms with Crippen molar-refractivity contribution in [3.05, 3.63) is 34.6 Å². The molecule has 1 aromatic heterocycles. The van der Waals surface area contributed by atoms with Gasteiger partial charge in [-0.25, -0.2) is 0 Å². The number of rotatable bonds is 10. The monoisotopic (exact) mass is 431 g/mol. The van der Waals surface area contributed by atoms with Crippen LogP contribution in [0.2, 0.25) is 0 Å². The molecule has 1 unspecified atom stereocenters. The summed E-state index contributed by atoms with van der Waals surface area (Å²) in [4.78, 5) is 4.76. The van der Waals surface area contributed by atoms with Gasteiger partial charge in [-0.3, -0.25) is 9.67 Å². The number of guanidine groups is 1. The summed E-state index contributed by atoms with van der Waals surface area (Å²) >= 11 is 0. The second kappa shape index (κ2) is 11.5. The Balaban J connectivity index is 2.08. The number of ether oxygens (including phenoxy) is 3. The quantitative estimate of drug-likeness (QED) is 0.445. The first-order chi connectivity index (χ1) is 14.9. The number of aromatic nitrogens is 2. The number of hydrogen-bond donors (Lipinski definition) is 2. The third-order valence-corrected chi connectivity index (χ3v) is 5.33. The van der Waals surface area contributed by atoms with Crippen molar-refractivity contribution in [3.63, 3.8) is 0 Å². The standard InChI is InChI=1S/C23H37N5O3/c1-9-24-23(26-15(2)14-19-16(3)27-28(5)17(19)4)25-13-12-18-10-11-20(29-6)22(31-8)21(18)30-7/h10-11,15H,9,12-14H2,1-8H3,(H2,24,25,26). The molecule has 1 heterocycles. The second-order valence-corrected chi connectivity index (χ2v) is 7.53. The molecular weight excluding hydrogens is 394 g/mol. The van der Waals surface area contributed by atoms with Crippen LogP contribution in [-0.4, -0.2) is 56.2 Å². The summed E-state index contributed by atoms with van der Waals surface area (Å²) in [5, 5.41) is 11.4. The summed E-state index contributed by atoms with van der Waals surface area (Å²) in [5.74, 6) is 2.74. The maximum atomic E-state index is 5.58. The topological polar surface area (TPSA) is 81.9 Å². The fourth-order valence-electron chi connectivity index (χ4n) is 3.67. The van der Waals surface area contributed by atoms with Crippen LogP contribution in [0, 0.1) is 13.8 Å². The fourth-order valence-corrected chi connectivity index (χ4v) is 3.67. The van der Waals surface area contributed by atoms with E-state index in [1.54, 1.807) is 21.3 Å². The molecule has 172 valence electrons. The lowest BCUT2D eigenvalue weighted by molar-refractivity contribution is 0.322. The Kier molecular flexibility index (Phi) is 9.03. The van der Waals surface area contributed by atoms with Gasteiger partial charge in [0, 0.05) is 37.4 Å². The van der Waals surface area contributed by atoms with E-state index in [0.717, 1.165) is 36.6 Å². The third kappa shape index (κ3) is 6.06. The van der Waals surface area contributed by atoms with Gasteiger partial charge in [-0.2, -0.15) is 5.10 Å². The maximum Gasteiger partial charge on any atom is 0.203 e. The van der Waals surface area contributed by atoms with Gasteiger partial charge >= 0.3 is 0 Å². The van der Waals surface area contributed by atoms with Crippen molar-refractivity contribution in [2.75, 3.05) is 34.4 Å². The minimum absolute atomic E-state index is 0.218. The highest BCUT2D eigenvalue weighted by molar-refractivity contribution is 5.80. The molecule has 1 aromatic carbocycles. The van der Waals surface area contributed by atoms with Gasteiger partial charge in [-0.05, 0) is 52.2 Å². The van der Waals surface area contributed by atoms with Gasteiger partial charge in [0.25, 0.3) is 0 Å². The van der Waals surface area contributed by atoms with E-state index in [2.05, 4.69) is 43.4 Å². The predicted molar refractivity (Wildman–Crippen MR) is 125 cm³/mol. The third-order valence-electron chi connectivity index (χ3n) is 5.33. The van der Waals surface area contributed by atoms with Crippen LogP contribution in [0.1, 0.15) is 36.4 Å². The van der Waals surface area contributed by atoms with Crippen LogP contribution in [0.4, 0.5) is 0 Å². The van der Waals surface area contributed by atoms with E-state index in [1.165, 1.54) is 11.3 Å². The van der Waals surface area contributed by atoms with E-state index >= 15 is 0 Å². The number of benzene rings is 1. The zero-order valence-electron chi connectivity index (χ0n) is 20.1. The largest absolute Gasteiger partial charge is 0.493 e. The molecule has 1 atom stereocenters. The van der Waals surface area contributed by atoms with Gasteiger partial charge in [0.15, 0.2) is 17.5 Å². The SMILES string of the molecule is CCNC(=NCCc1ccc(OC)c(OC)c1OC)NC(C)Cc1c(C)nn(C)c1C. The van der Waals surface area contributed by atoms with Crippen molar-refractivity contribution in [3.8, 4) is 17.2 Å². The molecule has 2 N–H and O–H groups in total. The number of methoxy groups -OCH3 is 3. The lowest BCUT2D eigenvalue weighted by atomic mass is 10.1. The summed E-state index contributed by atoms with van der Waals surface area (Å²) < 4.78 is 18.4. The Morgan fingerprint density at radius 1 is 1.13 bits per heavy atom. The summed E-state index contributed by atoms with van der Waals surface area (Å²) in [6.07, 6.45) is 1.61. The van der Waals surface area contributed by atoms with E-state index < -0.39 is 0 Å². The van der Waals surface area contributed by atoms with E-state index in [-0.39, 0.29) is 6.04 Å². The average Bonchev–Trinajstić information content (AvgIpc) is 2.99. The van der Waals surface area contributed by atoms with E-state index in [1.807, 2.05) is 23.9 Å². The zero-order valence-corrected chi connectivity index (χ0v) is 20.1. The molecule has 0 bridgehead atoms. The maximum absolute atomic E-state index is 5.58. The zero-order chi connectivity index (χ0) is 23.0. The van der Waals surface area contributed by atoms with E-state index in [4.69, 9.17) is 19.2 Å². The molecule has 0 saturated heterocycles. The predicted octanol–water partition coefficient (Wildman–Crippen LogP) is 2.79. The molecule has 0 fully saturated rings. The van der Waals surface area contributed by atoms with Gasteiger partial charge < -0.3 is 24.8 Å². The van der Waals surface area contributed by atoms with Crippen molar-refractivity contribution in [1.29, 1.82) is 0 Å². The molecule has 31 heavy (non-hydrogen) atoms. The Hall–Kier alpha value is -2.90. The number of nitrogens with one attached hydrogen (secondary N) is 2. The van der Waals surface area contributed by atoms with E-state index in [9.17, 15) is 0 Å². The Morgan fingerprint density at radius 2 is 1.84 bits per heavy atom. The summed E-state index contributed by atoms with van der Waals surface area (Å²) in [7, 11) is 6.85. The van der Waals surface area contributed by atoms with Crippen molar-refractivity contribution in [1.82, 2.24) is 20.4 Å². The van der Waals surface area contributed by atoms with Crippen molar-refractivity contribution in [2.45, 2.75) is 46.6 Å². The van der Waals surface area contributed by atoms with Crippen LogP contribution in [0.25, 0.3) is 0 Å². The first kappa shape index (κ1) is 24.4. The lowest BCUT2D eigenvalue weighted by Gasteiger charge is -2.18. The molecule has 0 radical (unpaired) electrons. The Labute approximate surface area is 186 Å². The van der Waals surface area contributed by atoms with Crippen LogP contribution in [0.3, 0.4) is 0 Å². The van der Waals surface area contributed by atoms with Crippen LogP contribution in [-0.2, 0) is 19.9 Å². The lowest BCUT2D eigenvalue weighted by Crippen LogP contribution is -2.43. The summed E-state index contributed by atoms with van der Waals surface area (Å²) in [6.45, 7) is 9.80.